The molecule has 0 amide bonds. The van der Waals surface area contributed by atoms with Gasteiger partial charge in [-0.05, 0) is 38.3 Å². The first-order valence-electron chi connectivity index (χ1n) is 7.00. The number of rotatable bonds is 7. The third kappa shape index (κ3) is 4.44. The number of anilines is 1. The minimum absolute atomic E-state index is 0.225. The average molecular weight is 279 g/mol. The van der Waals surface area contributed by atoms with E-state index in [2.05, 4.69) is 19.2 Å². The molecule has 0 saturated carbocycles. The van der Waals surface area contributed by atoms with Crippen LogP contribution in [0.4, 0.5) is 5.69 Å². The standard InChI is InChI=1S/C16H25NO3/c1-6-20-15(18)16(4,11-12(2)3)17-13-8-7-9-14(10-13)19-5/h7-10,12,17H,6,11H2,1-5H3. The highest BCUT2D eigenvalue weighted by Gasteiger charge is 2.35. The molecule has 0 aliphatic carbocycles. The third-order valence-electron chi connectivity index (χ3n) is 3.03. The smallest absolute Gasteiger partial charge is 0.331 e. The van der Waals surface area contributed by atoms with E-state index in [0.29, 0.717) is 18.9 Å². The topological polar surface area (TPSA) is 47.6 Å². The number of esters is 1. The molecular weight excluding hydrogens is 254 g/mol. The van der Waals surface area contributed by atoms with Crippen molar-refractivity contribution < 1.29 is 14.3 Å². The zero-order valence-corrected chi connectivity index (χ0v) is 13.0. The van der Waals surface area contributed by atoms with Crippen molar-refractivity contribution in [2.45, 2.75) is 39.7 Å². The molecule has 1 N–H and O–H groups in total. The molecule has 0 aliphatic rings. The van der Waals surface area contributed by atoms with E-state index in [1.807, 2.05) is 38.1 Å². The van der Waals surface area contributed by atoms with Gasteiger partial charge in [0.1, 0.15) is 11.3 Å². The molecule has 1 rings (SSSR count). The van der Waals surface area contributed by atoms with Crippen LogP contribution in [0.1, 0.15) is 34.1 Å². The Hall–Kier alpha value is -1.71. The second-order valence-electron chi connectivity index (χ2n) is 5.51. The fourth-order valence-corrected chi connectivity index (χ4v) is 2.31. The van der Waals surface area contributed by atoms with Crippen LogP contribution in [0.15, 0.2) is 24.3 Å². The van der Waals surface area contributed by atoms with E-state index in [1.54, 1.807) is 7.11 Å². The summed E-state index contributed by atoms with van der Waals surface area (Å²) in [6, 6.07) is 7.55. The Bertz CT molecular complexity index is 445. The molecule has 1 atom stereocenters. The minimum atomic E-state index is -0.740. The molecule has 4 nitrogen and oxygen atoms in total. The summed E-state index contributed by atoms with van der Waals surface area (Å²) in [6.45, 7) is 8.26. The predicted octanol–water partition coefficient (Wildman–Crippen LogP) is 3.48. The van der Waals surface area contributed by atoms with Crippen molar-refractivity contribution in [3.8, 4) is 5.75 Å². The molecule has 0 bridgehead atoms. The summed E-state index contributed by atoms with van der Waals surface area (Å²) in [5.74, 6) is 0.907. The molecule has 0 heterocycles. The number of carbonyl (C=O) groups excluding carboxylic acids is 1. The molecule has 1 aromatic rings. The lowest BCUT2D eigenvalue weighted by Crippen LogP contribution is -2.45. The molecule has 0 spiro atoms. The van der Waals surface area contributed by atoms with Gasteiger partial charge >= 0.3 is 5.97 Å². The summed E-state index contributed by atoms with van der Waals surface area (Å²) >= 11 is 0. The van der Waals surface area contributed by atoms with Gasteiger partial charge in [-0.3, -0.25) is 0 Å². The number of hydrogen-bond acceptors (Lipinski definition) is 4. The van der Waals surface area contributed by atoms with E-state index in [4.69, 9.17) is 9.47 Å². The van der Waals surface area contributed by atoms with Crippen molar-refractivity contribution in [3.63, 3.8) is 0 Å². The van der Waals surface area contributed by atoms with Crippen LogP contribution in [0.2, 0.25) is 0 Å². The molecule has 1 unspecified atom stereocenters. The lowest BCUT2D eigenvalue weighted by atomic mass is 9.90. The Balaban J connectivity index is 2.96. The van der Waals surface area contributed by atoms with Crippen LogP contribution in [0, 0.1) is 5.92 Å². The summed E-state index contributed by atoms with van der Waals surface area (Å²) in [5.41, 5.74) is 0.108. The van der Waals surface area contributed by atoms with E-state index in [0.717, 1.165) is 11.4 Å². The number of ether oxygens (including phenoxy) is 2. The zero-order chi connectivity index (χ0) is 15.2. The zero-order valence-electron chi connectivity index (χ0n) is 13.0. The molecule has 0 fully saturated rings. The Morgan fingerprint density at radius 3 is 2.65 bits per heavy atom. The maximum absolute atomic E-state index is 12.2. The van der Waals surface area contributed by atoms with Crippen LogP contribution in [0.5, 0.6) is 5.75 Å². The van der Waals surface area contributed by atoms with Crippen LogP contribution in [0.3, 0.4) is 0 Å². The van der Waals surface area contributed by atoms with Crippen molar-refractivity contribution in [3.05, 3.63) is 24.3 Å². The molecule has 4 heteroatoms. The van der Waals surface area contributed by atoms with Crippen molar-refractivity contribution in [2.75, 3.05) is 19.0 Å². The van der Waals surface area contributed by atoms with Gasteiger partial charge in [0.15, 0.2) is 0 Å². The SMILES string of the molecule is CCOC(=O)C(C)(CC(C)C)Nc1cccc(OC)c1. The van der Waals surface area contributed by atoms with Crippen molar-refractivity contribution in [1.82, 2.24) is 0 Å². The maximum atomic E-state index is 12.2. The van der Waals surface area contributed by atoms with Crippen LogP contribution in [0.25, 0.3) is 0 Å². The first-order chi connectivity index (χ1) is 9.41. The highest BCUT2D eigenvalue weighted by atomic mass is 16.5. The van der Waals surface area contributed by atoms with Crippen molar-refractivity contribution >= 4 is 11.7 Å². The van der Waals surface area contributed by atoms with Crippen LogP contribution >= 0.6 is 0 Å². The lowest BCUT2D eigenvalue weighted by molar-refractivity contribution is -0.148. The monoisotopic (exact) mass is 279 g/mol. The molecular formula is C16H25NO3. The quantitative estimate of drug-likeness (QED) is 0.776. The van der Waals surface area contributed by atoms with E-state index in [-0.39, 0.29) is 5.97 Å². The molecule has 0 aromatic heterocycles. The second-order valence-corrected chi connectivity index (χ2v) is 5.51. The molecule has 1 aromatic carbocycles. The normalized spacial score (nSPS) is 13.7. The van der Waals surface area contributed by atoms with Gasteiger partial charge in [-0.2, -0.15) is 0 Å². The maximum Gasteiger partial charge on any atom is 0.331 e. The summed E-state index contributed by atoms with van der Waals surface area (Å²) in [6.07, 6.45) is 0.697. The van der Waals surface area contributed by atoms with Gasteiger partial charge in [-0.15, -0.1) is 0 Å². The number of methoxy groups -OCH3 is 1. The molecule has 0 aliphatic heterocycles. The number of nitrogens with one attached hydrogen (secondary N) is 1. The highest BCUT2D eigenvalue weighted by Crippen LogP contribution is 2.26. The average Bonchev–Trinajstić information content (AvgIpc) is 2.38. The molecule has 112 valence electrons. The van der Waals surface area contributed by atoms with Crippen molar-refractivity contribution in [1.29, 1.82) is 0 Å². The Morgan fingerprint density at radius 2 is 2.10 bits per heavy atom. The van der Waals surface area contributed by atoms with Gasteiger partial charge in [0.2, 0.25) is 0 Å². The highest BCUT2D eigenvalue weighted by molar-refractivity contribution is 5.84. The Morgan fingerprint density at radius 1 is 1.40 bits per heavy atom. The van der Waals surface area contributed by atoms with Gasteiger partial charge in [-0.1, -0.05) is 19.9 Å². The van der Waals surface area contributed by atoms with Crippen LogP contribution in [-0.4, -0.2) is 25.2 Å². The minimum Gasteiger partial charge on any atom is -0.497 e. The van der Waals surface area contributed by atoms with Gasteiger partial charge < -0.3 is 14.8 Å². The first-order valence-corrected chi connectivity index (χ1v) is 7.00. The van der Waals surface area contributed by atoms with E-state index in [1.165, 1.54) is 0 Å². The predicted molar refractivity (Wildman–Crippen MR) is 81.1 cm³/mol. The molecule has 0 saturated heterocycles. The summed E-state index contributed by atoms with van der Waals surface area (Å²) in [7, 11) is 1.62. The summed E-state index contributed by atoms with van der Waals surface area (Å²) in [4.78, 5) is 12.2. The fraction of sp³-hybridized carbons (Fsp3) is 0.562. The number of carbonyl (C=O) groups is 1. The lowest BCUT2D eigenvalue weighted by Gasteiger charge is -2.31. The largest absolute Gasteiger partial charge is 0.497 e. The summed E-state index contributed by atoms with van der Waals surface area (Å²) < 4.78 is 10.4. The molecule has 20 heavy (non-hydrogen) atoms. The van der Waals surface area contributed by atoms with Crippen LogP contribution < -0.4 is 10.1 Å². The number of hydrogen-bond donors (Lipinski definition) is 1. The summed E-state index contributed by atoms with van der Waals surface area (Å²) in [5, 5.41) is 3.29. The van der Waals surface area contributed by atoms with Gasteiger partial charge in [0.25, 0.3) is 0 Å². The van der Waals surface area contributed by atoms with E-state index in [9.17, 15) is 4.79 Å². The second kappa shape index (κ2) is 7.17. The van der Waals surface area contributed by atoms with Gasteiger partial charge in [0.05, 0.1) is 13.7 Å². The first kappa shape index (κ1) is 16.3. The Labute approximate surface area is 121 Å². The van der Waals surface area contributed by atoms with Gasteiger partial charge in [-0.25, -0.2) is 4.79 Å². The van der Waals surface area contributed by atoms with Crippen LogP contribution in [-0.2, 0) is 9.53 Å². The third-order valence-corrected chi connectivity index (χ3v) is 3.03. The van der Waals surface area contributed by atoms with E-state index >= 15 is 0 Å². The van der Waals surface area contributed by atoms with E-state index < -0.39 is 5.54 Å². The van der Waals surface area contributed by atoms with Gasteiger partial charge in [0, 0.05) is 11.8 Å². The fourth-order valence-electron chi connectivity index (χ4n) is 2.31. The Kier molecular flexibility index (Phi) is 5.86. The van der Waals surface area contributed by atoms with Crippen molar-refractivity contribution in [2.24, 2.45) is 5.92 Å². The molecule has 0 radical (unpaired) electrons. The number of benzene rings is 1.